The lowest BCUT2D eigenvalue weighted by atomic mass is 10.0. The van der Waals surface area contributed by atoms with Gasteiger partial charge in [-0.3, -0.25) is 14.5 Å². The molecule has 2 unspecified atom stereocenters. The van der Waals surface area contributed by atoms with E-state index < -0.39 is 29.0 Å². The number of aromatic nitrogens is 3. The van der Waals surface area contributed by atoms with E-state index in [-0.39, 0.29) is 23.7 Å². The van der Waals surface area contributed by atoms with Gasteiger partial charge in [0.25, 0.3) is 5.91 Å². The number of ether oxygens (including phenoxy) is 1. The van der Waals surface area contributed by atoms with Gasteiger partial charge in [-0.2, -0.15) is 10.4 Å². The molecule has 2 aliphatic heterocycles. The summed E-state index contributed by atoms with van der Waals surface area (Å²) in [5.74, 6) is -0.979. The first-order chi connectivity index (χ1) is 17.3. The Balaban J connectivity index is 1.58. The molecule has 0 radical (unpaired) electrons. The van der Waals surface area contributed by atoms with Crippen molar-refractivity contribution in [3.8, 4) is 11.8 Å². The predicted molar refractivity (Wildman–Crippen MR) is 134 cm³/mol. The van der Waals surface area contributed by atoms with Gasteiger partial charge in [0.05, 0.1) is 47.8 Å². The monoisotopic (exact) mass is 526 g/mol. The maximum atomic E-state index is 14.1. The normalized spacial score (nSPS) is 19.5. The maximum Gasteiger partial charge on any atom is 0.332 e. The third kappa shape index (κ3) is 3.86. The first-order valence-electron chi connectivity index (χ1n) is 11.0. The van der Waals surface area contributed by atoms with Crippen molar-refractivity contribution in [2.75, 3.05) is 18.6 Å². The van der Waals surface area contributed by atoms with Crippen molar-refractivity contribution < 1.29 is 18.7 Å². The number of methoxy groups -OCH3 is 1. The molecule has 0 saturated carbocycles. The molecule has 12 heteroatoms. The van der Waals surface area contributed by atoms with Crippen LogP contribution in [0.1, 0.15) is 18.4 Å². The van der Waals surface area contributed by atoms with Crippen LogP contribution in [0.15, 0.2) is 36.8 Å². The molecule has 2 aliphatic rings. The molecular formula is C24H20ClFN6O3S. The minimum atomic E-state index is -0.671. The van der Waals surface area contributed by atoms with Crippen molar-refractivity contribution in [3.63, 3.8) is 0 Å². The lowest BCUT2D eigenvalue weighted by molar-refractivity contribution is -0.119. The Kier molecular flexibility index (Phi) is 6.32. The summed E-state index contributed by atoms with van der Waals surface area (Å²) in [5, 5.41) is 13.5. The molecule has 3 amide bonds. The summed E-state index contributed by atoms with van der Waals surface area (Å²) in [6, 6.07) is 3.67. The minimum absolute atomic E-state index is 0.0228. The van der Waals surface area contributed by atoms with Crippen LogP contribution in [0, 0.1) is 17.1 Å². The Morgan fingerprint density at radius 1 is 1.28 bits per heavy atom. The Hall–Kier alpha value is -3.62. The molecular weight excluding hydrogens is 507 g/mol. The number of anilines is 1. The molecule has 0 spiro atoms. The van der Waals surface area contributed by atoms with Crippen molar-refractivity contribution >= 4 is 56.8 Å². The van der Waals surface area contributed by atoms with Crippen LogP contribution in [0.2, 0.25) is 5.02 Å². The first-order valence-corrected chi connectivity index (χ1v) is 12.3. The van der Waals surface area contributed by atoms with E-state index in [0.29, 0.717) is 33.5 Å². The second-order valence-electron chi connectivity index (χ2n) is 8.30. The molecule has 4 heterocycles. The quantitative estimate of drug-likeness (QED) is 0.439. The number of imide groups is 1. The number of benzene rings is 1. The van der Waals surface area contributed by atoms with Crippen LogP contribution >= 0.6 is 23.4 Å². The number of carbonyl (C=O) groups excluding carboxylic acids is 2. The van der Waals surface area contributed by atoms with Crippen LogP contribution in [-0.4, -0.2) is 56.5 Å². The van der Waals surface area contributed by atoms with Crippen molar-refractivity contribution in [2.45, 2.75) is 24.1 Å². The van der Waals surface area contributed by atoms with Crippen LogP contribution in [0.3, 0.4) is 0 Å². The fourth-order valence-electron chi connectivity index (χ4n) is 4.51. The van der Waals surface area contributed by atoms with Crippen LogP contribution in [-0.2, 0) is 11.8 Å². The van der Waals surface area contributed by atoms with Gasteiger partial charge in [0, 0.05) is 42.1 Å². The first kappa shape index (κ1) is 24.1. The number of urea groups is 1. The number of unbranched alkanes of at least 4 members (excludes halogenated alkanes) is 1. The van der Waals surface area contributed by atoms with E-state index in [0.717, 1.165) is 11.0 Å². The number of amides is 3. The number of fused-ring (bicyclic) bond motifs is 2. The highest BCUT2D eigenvalue weighted by atomic mass is 35.5. The molecule has 0 N–H and O–H groups in total. The molecule has 1 aromatic carbocycles. The van der Waals surface area contributed by atoms with Gasteiger partial charge >= 0.3 is 6.03 Å². The highest BCUT2D eigenvalue weighted by Crippen LogP contribution is 2.48. The summed E-state index contributed by atoms with van der Waals surface area (Å²) in [4.78, 5) is 35.1. The van der Waals surface area contributed by atoms with E-state index in [1.54, 1.807) is 35.1 Å². The van der Waals surface area contributed by atoms with Gasteiger partial charge < -0.3 is 9.64 Å². The van der Waals surface area contributed by atoms with E-state index >= 15 is 0 Å². The molecule has 1 fully saturated rings. The summed E-state index contributed by atoms with van der Waals surface area (Å²) >= 11 is 7.61. The summed E-state index contributed by atoms with van der Waals surface area (Å²) < 4.78 is 20.8. The SMILES string of the molecule is COc1cc(C2=CC3C(S2)C(=O)N(c2cncc4cnn(C)c24)C(=O)N3CCCC#N)c(Cl)cc1F. The molecule has 0 bridgehead atoms. The standard InChI is InChI=1S/C24H20ClFN6O3S/c1-30-21-13(11-29-30)10-28-12-18(21)32-23(33)22-17(31(24(32)34)6-4-3-5-27)9-20(36-22)14-7-19(35-2)16(26)8-15(14)25/h7-12,17,22H,3-4,6H2,1-2H3. The average molecular weight is 527 g/mol. The average Bonchev–Trinajstić information content (AvgIpc) is 3.46. The Morgan fingerprint density at radius 3 is 2.83 bits per heavy atom. The van der Waals surface area contributed by atoms with E-state index in [1.165, 1.54) is 31.1 Å². The number of pyridine rings is 1. The second-order valence-corrected chi connectivity index (χ2v) is 9.89. The molecule has 2 atom stereocenters. The van der Waals surface area contributed by atoms with E-state index in [1.807, 2.05) is 0 Å². The van der Waals surface area contributed by atoms with Gasteiger partial charge in [-0.1, -0.05) is 11.6 Å². The number of hydrogen-bond donors (Lipinski definition) is 0. The summed E-state index contributed by atoms with van der Waals surface area (Å²) in [6.07, 6.45) is 7.22. The Morgan fingerprint density at radius 2 is 2.08 bits per heavy atom. The fraction of sp³-hybridized carbons (Fsp3) is 0.292. The second kappa shape index (κ2) is 9.44. The zero-order chi connectivity index (χ0) is 25.6. The van der Waals surface area contributed by atoms with Crippen LogP contribution in [0.4, 0.5) is 14.9 Å². The highest BCUT2D eigenvalue weighted by molar-refractivity contribution is 8.09. The number of rotatable bonds is 6. The summed E-state index contributed by atoms with van der Waals surface area (Å²) in [7, 11) is 3.09. The predicted octanol–water partition coefficient (Wildman–Crippen LogP) is 4.37. The third-order valence-corrected chi connectivity index (χ3v) is 7.86. The van der Waals surface area contributed by atoms with E-state index in [2.05, 4.69) is 16.2 Å². The highest BCUT2D eigenvalue weighted by Gasteiger charge is 2.50. The van der Waals surface area contributed by atoms with Gasteiger partial charge in [-0.05, 0) is 24.6 Å². The van der Waals surface area contributed by atoms with Crippen LogP contribution < -0.4 is 9.64 Å². The molecule has 2 aromatic heterocycles. The topological polar surface area (TPSA) is 104 Å². The minimum Gasteiger partial charge on any atom is -0.494 e. The smallest absolute Gasteiger partial charge is 0.332 e. The lowest BCUT2D eigenvalue weighted by Crippen LogP contribution is -2.62. The van der Waals surface area contributed by atoms with E-state index in [4.69, 9.17) is 21.6 Å². The van der Waals surface area contributed by atoms with Crippen molar-refractivity contribution in [1.29, 1.82) is 5.26 Å². The molecule has 9 nitrogen and oxygen atoms in total. The van der Waals surface area contributed by atoms with Crippen molar-refractivity contribution in [1.82, 2.24) is 19.7 Å². The summed E-state index contributed by atoms with van der Waals surface area (Å²) in [5.41, 5.74) is 1.44. The number of halogens is 2. The molecule has 5 rings (SSSR count). The maximum absolute atomic E-state index is 14.1. The zero-order valence-corrected chi connectivity index (χ0v) is 20.9. The van der Waals surface area contributed by atoms with Crippen LogP contribution in [0.25, 0.3) is 15.8 Å². The number of hydrogen-bond acceptors (Lipinski definition) is 7. The van der Waals surface area contributed by atoms with Crippen LogP contribution in [0.5, 0.6) is 5.75 Å². The number of nitrogens with zero attached hydrogens (tertiary/aromatic N) is 6. The van der Waals surface area contributed by atoms with Gasteiger partial charge in [0.1, 0.15) is 5.25 Å². The Labute approximate surface area is 215 Å². The number of carbonyl (C=O) groups is 2. The lowest BCUT2D eigenvalue weighted by Gasteiger charge is -2.41. The summed E-state index contributed by atoms with van der Waals surface area (Å²) in [6.45, 7) is 0.275. The zero-order valence-electron chi connectivity index (χ0n) is 19.3. The molecule has 3 aromatic rings. The van der Waals surface area contributed by atoms with Crippen molar-refractivity contribution in [2.24, 2.45) is 7.05 Å². The number of thioether (sulfide) groups is 1. The molecule has 184 valence electrons. The van der Waals surface area contributed by atoms with E-state index in [9.17, 15) is 14.0 Å². The number of aryl methyl sites for hydroxylation is 1. The van der Waals surface area contributed by atoms with Crippen molar-refractivity contribution in [3.05, 3.63) is 53.2 Å². The number of nitriles is 1. The molecule has 36 heavy (non-hydrogen) atoms. The molecule has 0 aliphatic carbocycles. The van der Waals surface area contributed by atoms with Gasteiger partial charge in [-0.15, -0.1) is 11.8 Å². The van der Waals surface area contributed by atoms with Gasteiger partial charge in [-0.25, -0.2) is 14.1 Å². The Bertz CT molecular complexity index is 1470. The largest absolute Gasteiger partial charge is 0.494 e. The third-order valence-electron chi connectivity index (χ3n) is 6.20. The van der Waals surface area contributed by atoms with Gasteiger partial charge in [0.15, 0.2) is 11.6 Å². The molecule has 1 saturated heterocycles. The fourth-order valence-corrected chi connectivity index (χ4v) is 6.18. The van der Waals surface area contributed by atoms with Gasteiger partial charge in [0.2, 0.25) is 0 Å².